The first-order valence-electron chi connectivity index (χ1n) is 3.49. The highest BCUT2D eigenvalue weighted by atomic mass is 16.3. The van der Waals surface area contributed by atoms with Crippen LogP contribution in [-0.4, -0.2) is 10.7 Å². The molecule has 1 fully saturated rings. The molecule has 0 spiro atoms. The minimum absolute atomic E-state index is 0.449. The summed E-state index contributed by atoms with van der Waals surface area (Å²) in [6.07, 6.45) is 3.95. The molecule has 0 unspecified atom stereocenters. The average molecular weight is 126 g/mol. The monoisotopic (exact) mass is 126 g/mol. The molecule has 1 atom stereocenters. The summed E-state index contributed by atoms with van der Waals surface area (Å²) in [6, 6.07) is 0. The van der Waals surface area contributed by atoms with Crippen LogP contribution in [0.25, 0.3) is 0 Å². The van der Waals surface area contributed by atoms with Gasteiger partial charge in [0.2, 0.25) is 0 Å². The molecular formula is C8H14O. The molecular weight excluding hydrogens is 112 g/mol. The molecule has 0 radical (unpaired) electrons. The molecule has 0 aliphatic heterocycles. The van der Waals surface area contributed by atoms with E-state index in [4.69, 9.17) is 0 Å². The van der Waals surface area contributed by atoms with E-state index in [0.29, 0.717) is 0 Å². The predicted octanol–water partition coefficient (Wildman–Crippen LogP) is 1.87. The lowest BCUT2D eigenvalue weighted by Gasteiger charge is -2.28. The smallest absolute Gasteiger partial charge is 0.0656 e. The van der Waals surface area contributed by atoms with Crippen molar-refractivity contribution in [2.45, 2.75) is 38.2 Å². The van der Waals surface area contributed by atoms with E-state index in [-0.39, 0.29) is 0 Å². The molecule has 1 N–H and O–H groups in total. The summed E-state index contributed by atoms with van der Waals surface area (Å²) in [7, 11) is 0. The Hall–Kier alpha value is -0.300. The van der Waals surface area contributed by atoms with Gasteiger partial charge >= 0.3 is 0 Å². The Morgan fingerprint density at radius 1 is 1.67 bits per heavy atom. The number of rotatable bonds is 0. The SMILES string of the molecule is C=C1CCC[C@@](C)(O)C1. The third-order valence-electron chi connectivity index (χ3n) is 1.88. The molecule has 0 saturated heterocycles. The topological polar surface area (TPSA) is 20.2 Å². The van der Waals surface area contributed by atoms with E-state index in [1.54, 1.807) is 0 Å². The standard InChI is InChI=1S/C8H14O/c1-7-4-3-5-8(2,9)6-7/h9H,1,3-6H2,2H3/t8-/m1/s1. The van der Waals surface area contributed by atoms with E-state index in [9.17, 15) is 5.11 Å². The van der Waals surface area contributed by atoms with Crippen molar-refractivity contribution in [2.75, 3.05) is 0 Å². The molecule has 0 aromatic rings. The maximum atomic E-state index is 9.48. The number of hydrogen-bond donors (Lipinski definition) is 1. The third-order valence-corrected chi connectivity index (χ3v) is 1.88. The molecule has 0 bridgehead atoms. The summed E-state index contributed by atoms with van der Waals surface area (Å²) < 4.78 is 0. The Morgan fingerprint density at radius 3 is 2.67 bits per heavy atom. The van der Waals surface area contributed by atoms with Crippen LogP contribution in [0.15, 0.2) is 12.2 Å². The second-order valence-electron chi connectivity index (χ2n) is 3.28. The van der Waals surface area contributed by atoms with E-state index in [2.05, 4.69) is 6.58 Å². The molecule has 0 amide bonds. The summed E-state index contributed by atoms with van der Waals surface area (Å²) in [5, 5.41) is 9.48. The van der Waals surface area contributed by atoms with E-state index >= 15 is 0 Å². The maximum absolute atomic E-state index is 9.48. The summed E-state index contributed by atoms with van der Waals surface area (Å²) in [6.45, 7) is 5.74. The predicted molar refractivity (Wildman–Crippen MR) is 38.2 cm³/mol. The fraction of sp³-hybridized carbons (Fsp3) is 0.750. The van der Waals surface area contributed by atoms with Gasteiger partial charge in [0.15, 0.2) is 0 Å². The molecule has 0 aromatic carbocycles. The van der Waals surface area contributed by atoms with Gasteiger partial charge in [0.05, 0.1) is 5.60 Å². The zero-order chi connectivity index (χ0) is 6.91. The van der Waals surface area contributed by atoms with Crippen molar-refractivity contribution in [3.63, 3.8) is 0 Å². The van der Waals surface area contributed by atoms with Crippen molar-refractivity contribution < 1.29 is 5.11 Å². The number of aliphatic hydroxyl groups is 1. The molecule has 0 heterocycles. The lowest BCUT2D eigenvalue weighted by atomic mass is 9.84. The van der Waals surface area contributed by atoms with Crippen LogP contribution in [0.5, 0.6) is 0 Å². The van der Waals surface area contributed by atoms with Crippen LogP contribution in [0.2, 0.25) is 0 Å². The second kappa shape index (κ2) is 2.14. The highest BCUT2D eigenvalue weighted by molar-refractivity contribution is 5.03. The third kappa shape index (κ3) is 1.83. The van der Waals surface area contributed by atoms with Crippen molar-refractivity contribution in [1.82, 2.24) is 0 Å². The first kappa shape index (κ1) is 6.81. The van der Waals surface area contributed by atoms with Crippen molar-refractivity contribution in [3.8, 4) is 0 Å². The fourth-order valence-electron chi connectivity index (χ4n) is 1.43. The normalized spacial score (nSPS) is 36.9. The largest absolute Gasteiger partial charge is 0.390 e. The Labute approximate surface area is 56.4 Å². The van der Waals surface area contributed by atoms with Gasteiger partial charge in [-0.3, -0.25) is 0 Å². The Bertz CT molecular complexity index is 125. The van der Waals surface area contributed by atoms with Crippen molar-refractivity contribution in [1.29, 1.82) is 0 Å². The molecule has 1 heteroatoms. The van der Waals surface area contributed by atoms with E-state index in [0.717, 1.165) is 25.7 Å². The van der Waals surface area contributed by atoms with Crippen molar-refractivity contribution >= 4 is 0 Å². The molecule has 0 aromatic heterocycles. The lowest BCUT2D eigenvalue weighted by molar-refractivity contribution is 0.0389. The highest BCUT2D eigenvalue weighted by Gasteiger charge is 2.24. The van der Waals surface area contributed by atoms with Gasteiger partial charge in [-0.1, -0.05) is 12.2 Å². The first-order valence-corrected chi connectivity index (χ1v) is 3.49. The summed E-state index contributed by atoms with van der Waals surface area (Å²) >= 11 is 0. The molecule has 1 nitrogen and oxygen atoms in total. The first-order chi connectivity index (χ1) is 4.10. The van der Waals surface area contributed by atoms with Crippen LogP contribution in [0.4, 0.5) is 0 Å². The van der Waals surface area contributed by atoms with E-state index in [1.165, 1.54) is 5.57 Å². The van der Waals surface area contributed by atoms with Gasteiger partial charge in [-0.25, -0.2) is 0 Å². The molecule has 1 aliphatic rings. The van der Waals surface area contributed by atoms with Crippen LogP contribution in [0, 0.1) is 0 Å². The van der Waals surface area contributed by atoms with Gasteiger partial charge < -0.3 is 5.11 Å². The maximum Gasteiger partial charge on any atom is 0.0656 e. The van der Waals surface area contributed by atoms with Crippen molar-refractivity contribution in [3.05, 3.63) is 12.2 Å². The molecule has 9 heavy (non-hydrogen) atoms. The Kier molecular flexibility index (Phi) is 1.62. The molecule has 52 valence electrons. The van der Waals surface area contributed by atoms with Gasteiger partial charge in [0.1, 0.15) is 0 Å². The quantitative estimate of drug-likeness (QED) is 0.491. The summed E-state index contributed by atoms with van der Waals surface area (Å²) in [4.78, 5) is 0. The second-order valence-corrected chi connectivity index (χ2v) is 3.28. The number of hydrogen-bond acceptors (Lipinski definition) is 1. The molecule has 1 rings (SSSR count). The Morgan fingerprint density at radius 2 is 2.33 bits per heavy atom. The van der Waals surface area contributed by atoms with Crippen LogP contribution in [-0.2, 0) is 0 Å². The van der Waals surface area contributed by atoms with E-state index < -0.39 is 5.60 Å². The van der Waals surface area contributed by atoms with E-state index in [1.807, 2.05) is 6.92 Å². The highest BCUT2D eigenvalue weighted by Crippen LogP contribution is 2.29. The zero-order valence-electron chi connectivity index (χ0n) is 5.98. The van der Waals surface area contributed by atoms with Crippen LogP contribution < -0.4 is 0 Å². The minimum atomic E-state index is -0.449. The average Bonchev–Trinajstić information content (AvgIpc) is 1.60. The van der Waals surface area contributed by atoms with Gasteiger partial charge in [-0.15, -0.1) is 0 Å². The van der Waals surface area contributed by atoms with Gasteiger partial charge in [-0.05, 0) is 32.6 Å². The zero-order valence-corrected chi connectivity index (χ0v) is 5.98. The van der Waals surface area contributed by atoms with Gasteiger partial charge in [0.25, 0.3) is 0 Å². The fourth-order valence-corrected chi connectivity index (χ4v) is 1.43. The lowest BCUT2D eigenvalue weighted by Crippen LogP contribution is -2.27. The van der Waals surface area contributed by atoms with Crippen LogP contribution in [0.3, 0.4) is 0 Å². The summed E-state index contributed by atoms with van der Waals surface area (Å²) in [5.74, 6) is 0. The van der Waals surface area contributed by atoms with Crippen LogP contribution in [0.1, 0.15) is 32.6 Å². The van der Waals surface area contributed by atoms with Crippen LogP contribution >= 0.6 is 0 Å². The molecule has 1 aliphatic carbocycles. The molecule has 1 saturated carbocycles. The van der Waals surface area contributed by atoms with Gasteiger partial charge in [0, 0.05) is 0 Å². The summed E-state index contributed by atoms with van der Waals surface area (Å²) in [5.41, 5.74) is 0.751. The van der Waals surface area contributed by atoms with Crippen molar-refractivity contribution in [2.24, 2.45) is 0 Å². The Balaban J connectivity index is 2.51. The minimum Gasteiger partial charge on any atom is -0.390 e. The van der Waals surface area contributed by atoms with Gasteiger partial charge in [-0.2, -0.15) is 0 Å².